The molecular formula is C20H29N3O. The molecule has 3 N–H and O–H groups in total. The molecular weight excluding hydrogens is 298 g/mol. The fourth-order valence-electron chi connectivity index (χ4n) is 2.97. The third-order valence-corrected chi connectivity index (χ3v) is 4.28. The first-order chi connectivity index (χ1) is 11.3. The molecule has 2 rings (SSSR count). The van der Waals surface area contributed by atoms with Crippen molar-refractivity contribution in [2.24, 2.45) is 0 Å². The Bertz CT molecular complexity index is 698. The molecule has 130 valence electrons. The minimum atomic E-state index is 0.136. The van der Waals surface area contributed by atoms with E-state index in [-0.39, 0.29) is 6.10 Å². The number of rotatable bonds is 6. The number of anilines is 3. The number of hydrogen-bond donors (Lipinski definition) is 2. The Balaban J connectivity index is 2.39. The number of nitrogens with zero attached hydrogens (tertiary/aromatic N) is 1. The van der Waals surface area contributed by atoms with E-state index in [0.29, 0.717) is 11.6 Å². The first kappa shape index (κ1) is 18.1. The Morgan fingerprint density at radius 3 is 2.17 bits per heavy atom. The van der Waals surface area contributed by atoms with E-state index < -0.39 is 0 Å². The maximum absolute atomic E-state index is 6.34. The topological polar surface area (TPSA) is 60.2 Å². The second-order valence-electron chi connectivity index (χ2n) is 6.49. The number of benzene rings is 1. The lowest BCUT2D eigenvalue weighted by Crippen LogP contribution is -2.16. The summed E-state index contributed by atoms with van der Waals surface area (Å²) in [6.07, 6.45) is 2.01. The van der Waals surface area contributed by atoms with Crippen LogP contribution in [-0.2, 0) is 0 Å². The lowest BCUT2D eigenvalue weighted by atomic mass is 10.0. The zero-order chi connectivity index (χ0) is 17.9. The normalized spacial score (nSPS) is 11.0. The summed E-state index contributed by atoms with van der Waals surface area (Å²) in [5.41, 5.74) is 13.4. The zero-order valence-corrected chi connectivity index (χ0v) is 15.7. The molecule has 1 aromatic carbocycles. The molecule has 4 heteroatoms. The van der Waals surface area contributed by atoms with Crippen LogP contribution >= 0.6 is 0 Å². The summed E-state index contributed by atoms with van der Waals surface area (Å²) >= 11 is 0. The molecule has 0 aliphatic heterocycles. The van der Waals surface area contributed by atoms with Gasteiger partial charge in [-0.3, -0.25) is 0 Å². The van der Waals surface area contributed by atoms with Crippen molar-refractivity contribution in [3.63, 3.8) is 0 Å². The standard InChI is InChI=1S/C20H29N3O/c1-7-16(8-2)24-20-18(21)17(11-15(6)22-20)23-19-13(4)9-12(3)10-14(19)5/h9-11,16H,7-8,21H2,1-6H3,(H,22,23). The van der Waals surface area contributed by atoms with Gasteiger partial charge in [-0.15, -0.1) is 0 Å². The maximum Gasteiger partial charge on any atom is 0.239 e. The predicted molar refractivity (Wildman–Crippen MR) is 102 cm³/mol. The molecule has 4 nitrogen and oxygen atoms in total. The van der Waals surface area contributed by atoms with Gasteiger partial charge in [0.05, 0.1) is 5.69 Å². The second kappa shape index (κ2) is 7.56. The number of aryl methyl sites for hydroxylation is 4. The van der Waals surface area contributed by atoms with Crippen molar-refractivity contribution in [2.75, 3.05) is 11.1 Å². The number of pyridine rings is 1. The van der Waals surface area contributed by atoms with E-state index in [0.717, 1.165) is 29.9 Å². The fourth-order valence-corrected chi connectivity index (χ4v) is 2.97. The summed E-state index contributed by atoms with van der Waals surface area (Å²) in [6.45, 7) is 12.5. The number of ether oxygens (including phenoxy) is 1. The molecule has 0 saturated carbocycles. The summed E-state index contributed by atoms with van der Waals surface area (Å²) in [5.74, 6) is 0.522. The van der Waals surface area contributed by atoms with Crippen LogP contribution in [0.1, 0.15) is 49.1 Å². The van der Waals surface area contributed by atoms with Crippen molar-refractivity contribution >= 4 is 17.1 Å². The third-order valence-electron chi connectivity index (χ3n) is 4.28. The quantitative estimate of drug-likeness (QED) is 0.764. The van der Waals surface area contributed by atoms with E-state index in [1.807, 2.05) is 13.0 Å². The van der Waals surface area contributed by atoms with Crippen LogP contribution in [0.15, 0.2) is 18.2 Å². The van der Waals surface area contributed by atoms with Crippen LogP contribution in [0.3, 0.4) is 0 Å². The van der Waals surface area contributed by atoms with Gasteiger partial charge in [0, 0.05) is 11.4 Å². The van der Waals surface area contributed by atoms with Crippen molar-refractivity contribution in [1.82, 2.24) is 4.98 Å². The van der Waals surface area contributed by atoms with Crippen molar-refractivity contribution in [3.05, 3.63) is 40.6 Å². The van der Waals surface area contributed by atoms with Gasteiger partial charge in [-0.2, -0.15) is 0 Å². The summed E-state index contributed by atoms with van der Waals surface area (Å²) in [5, 5.41) is 3.48. The van der Waals surface area contributed by atoms with Crippen molar-refractivity contribution in [1.29, 1.82) is 0 Å². The van der Waals surface area contributed by atoms with E-state index in [1.54, 1.807) is 0 Å². The first-order valence-corrected chi connectivity index (χ1v) is 8.64. The highest BCUT2D eigenvalue weighted by Crippen LogP contribution is 2.34. The van der Waals surface area contributed by atoms with Crippen LogP contribution in [0.5, 0.6) is 5.88 Å². The minimum absolute atomic E-state index is 0.136. The van der Waals surface area contributed by atoms with Crippen molar-refractivity contribution in [2.45, 2.75) is 60.5 Å². The Morgan fingerprint density at radius 2 is 1.62 bits per heavy atom. The van der Waals surface area contributed by atoms with Gasteiger partial charge in [0.25, 0.3) is 0 Å². The van der Waals surface area contributed by atoms with Crippen LogP contribution in [0.4, 0.5) is 17.1 Å². The molecule has 0 amide bonds. The monoisotopic (exact) mass is 327 g/mol. The largest absolute Gasteiger partial charge is 0.473 e. The van der Waals surface area contributed by atoms with Gasteiger partial charge in [-0.25, -0.2) is 4.98 Å². The van der Waals surface area contributed by atoms with Crippen LogP contribution in [0.2, 0.25) is 0 Å². The molecule has 24 heavy (non-hydrogen) atoms. The molecule has 0 spiro atoms. The van der Waals surface area contributed by atoms with E-state index in [4.69, 9.17) is 10.5 Å². The zero-order valence-electron chi connectivity index (χ0n) is 15.7. The van der Waals surface area contributed by atoms with Crippen LogP contribution in [-0.4, -0.2) is 11.1 Å². The minimum Gasteiger partial charge on any atom is -0.473 e. The Labute approximate surface area is 145 Å². The van der Waals surface area contributed by atoms with Gasteiger partial charge in [-0.1, -0.05) is 31.5 Å². The molecule has 0 aliphatic carbocycles. The summed E-state index contributed by atoms with van der Waals surface area (Å²) in [6, 6.07) is 6.30. The Hall–Kier alpha value is -2.23. The average Bonchev–Trinajstić information content (AvgIpc) is 2.52. The predicted octanol–water partition coefficient (Wildman–Crippen LogP) is 5.21. The second-order valence-corrected chi connectivity index (χ2v) is 6.49. The Morgan fingerprint density at radius 1 is 1.04 bits per heavy atom. The molecule has 1 heterocycles. The van der Waals surface area contributed by atoms with Gasteiger partial charge in [0.15, 0.2) is 0 Å². The maximum atomic E-state index is 6.34. The molecule has 0 fully saturated rings. The van der Waals surface area contributed by atoms with E-state index in [2.05, 4.69) is 57.1 Å². The summed E-state index contributed by atoms with van der Waals surface area (Å²) in [4.78, 5) is 4.48. The average molecular weight is 327 g/mol. The van der Waals surface area contributed by atoms with Gasteiger partial charge < -0.3 is 15.8 Å². The number of nitrogens with two attached hydrogens (primary N) is 1. The summed E-state index contributed by atoms with van der Waals surface area (Å²) < 4.78 is 6.01. The number of nitrogen functional groups attached to an aromatic ring is 1. The van der Waals surface area contributed by atoms with Crippen LogP contribution in [0.25, 0.3) is 0 Å². The first-order valence-electron chi connectivity index (χ1n) is 8.64. The van der Waals surface area contributed by atoms with E-state index in [1.165, 1.54) is 16.7 Å². The smallest absolute Gasteiger partial charge is 0.239 e. The van der Waals surface area contributed by atoms with Gasteiger partial charge in [-0.05, 0) is 57.7 Å². The number of aromatic nitrogens is 1. The lowest BCUT2D eigenvalue weighted by Gasteiger charge is -2.20. The van der Waals surface area contributed by atoms with Gasteiger partial charge in [0.2, 0.25) is 5.88 Å². The lowest BCUT2D eigenvalue weighted by molar-refractivity contribution is 0.186. The van der Waals surface area contributed by atoms with Crippen molar-refractivity contribution < 1.29 is 4.74 Å². The molecule has 0 atom stereocenters. The highest BCUT2D eigenvalue weighted by atomic mass is 16.5. The van der Waals surface area contributed by atoms with Crippen LogP contribution in [0, 0.1) is 27.7 Å². The van der Waals surface area contributed by atoms with Gasteiger partial charge >= 0.3 is 0 Å². The third kappa shape index (κ3) is 3.99. The fraction of sp³-hybridized carbons (Fsp3) is 0.450. The van der Waals surface area contributed by atoms with Crippen LogP contribution < -0.4 is 15.8 Å². The molecule has 0 bridgehead atoms. The van der Waals surface area contributed by atoms with Gasteiger partial charge in [0.1, 0.15) is 11.8 Å². The number of hydrogen-bond acceptors (Lipinski definition) is 4. The Kier molecular flexibility index (Phi) is 5.71. The molecule has 0 unspecified atom stereocenters. The highest BCUT2D eigenvalue weighted by Gasteiger charge is 2.15. The highest BCUT2D eigenvalue weighted by molar-refractivity contribution is 5.78. The number of nitrogens with one attached hydrogen (secondary N) is 1. The molecule has 0 aliphatic rings. The van der Waals surface area contributed by atoms with E-state index >= 15 is 0 Å². The van der Waals surface area contributed by atoms with Crippen molar-refractivity contribution in [3.8, 4) is 5.88 Å². The molecule has 0 saturated heterocycles. The van der Waals surface area contributed by atoms with E-state index in [9.17, 15) is 0 Å². The summed E-state index contributed by atoms with van der Waals surface area (Å²) in [7, 11) is 0. The molecule has 0 radical (unpaired) electrons. The SMILES string of the molecule is CCC(CC)Oc1nc(C)cc(Nc2c(C)cc(C)cc2C)c1N. The molecule has 1 aromatic heterocycles. The molecule has 2 aromatic rings.